The number of amides is 4. The predicted octanol–water partition coefficient (Wildman–Crippen LogP) is 12.1. The van der Waals surface area contributed by atoms with Crippen LogP contribution >= 0.6 is 69.6 Å². The van der Waals surface area contributed by atoms with Crippen molar-refractivity contribution in [3.05, 3.63) is 137 Å². The summed E-state index contributed by atoms with van der Waals surface area (Å²) in [6.07, 6.45) is 0. The number of carbonyl (C=O) groups excluding carboxylic acids is 6. The van der Waals surface area contributed by atoms with Crippen LogP contribution in [-0.4, -0.2) is 47.3 Å². The van der Waals surface area contributed by atoms with Gasteiger partial charge in [-0.2, -0.15) is 20.5 Å². The highest BCUT2D eigenvalue weighted by atomic mass is 35.5. The van der Waals surface area contributed by atoms with Crippen LogP contribution in [0.3, 0.4) is 0 Å². The monoisotopic (exact) mass is 954 g/mol. The van der Waals surface area contributed by atoms with Crippen molar-refractivity contribution < 1.29 is 28.8 Å². The summed E-state index contributed by atoms with van der Waals surface area (Å²) < 4.78 is 0. The van der Waals surface area contributed by atoms with E-state index < -0.39 is 47.3 Å². The fourth-order valence-corrected chi connectivity index (χ4v) is 7.07. The minimum Gasteiger partial charge on any atom is -0.324 e. The molecule has 5 aromatic rings. The second-order valence-corrected chi connectivity index (χ2v) is 16.1. The zero-order chi connectivity index (χ0) is 45.4. The van der Waals surface area contributed by atoms with Gasteiger partial charge in [-0.1, -0.05) is 69.6 Å². The predicted molar refractivity (Wildman–Crippen MR) is 243 cm³/mol. The van der Waals surface area contributed by atoms with E-state index in [9.17, 15) is 28.8 Å². The van der Waals surface area contributed by atoms with Crippen molar-refractivity contribution in [3.63, 3.8) is 0 Å². The van der Waals surface area contributed by atoms with Gasteiger partial charge in [0.2, 0.25) is 12.1 Å². The molecular weight excluding hydrogens is 925 g/mol. The van der Waals surface area contributed by atoms with Gasteiger partial charge in [0.25, 0.3) is 23.6 Å². The number of rotatable bonds is 14. The first kappa shape index (κ1) is 47.3. The molecule has 2 atom stereocenters. The van der Waals surface area contributed by atoms with Crippen LogP contribution in [0.25, 0.3) is 0 Å². The van der Waals surface area contributed by atoms with Gasteiger partial charge in [-0.05, 0) is 124 Å². The van der Waals surface area contributed by atoms with Gasteiger partial charge in [0.15, 0.2) is 11.6 Å². The molecule has 0 radical (unpaired) electrons. The summed E-state index contributed by atoms with van der Waals surface area (Å²) in [5, 5.41) is 28.1. The molecule has 0 fully saturated rings. The summed E-state index contributed by atoms with van der Waals surface area (Å²) in [5.41, 5.74) is 2.63. The number of nitrogens with one attached hydrogen (secondary N) is 4. The van der Waals surface area contributed by atoms with Gasteiger partial charge in [-0.15, -0.1) is 0 Å². The minimum absolute atomic E-state index is 0.0853. The number of ketones is 2. The normalized spacial score (nSPS) is 12.2. The molecule has 0 aliphatic carbocycles. The highest BCUT2D eigenvalue weighted by molar-refractivity contribution is 6.36. The van der Waals surface area contributed by atoms with Crippen LogP contribution in [0.2, 0.25) is 30.1 Å². The number of hydrogen-bond donors (Lipinski definition) is 4. The zero-order valence-electron chi connectivity index (χ0n) is 32.7. The van der Waals surface area contributed by atoms with Crippen LogP contribution in [0.1, 0.15) is 45.7 Å². The lowest BCUT2D eigenvalue weighted by molar-refractivity contribution is -0.127. The molecule has 4 amide bonds. The van der Waals surface area contributed by atoms with Gasteiger partial charge in [-0.3, -0.25) is 28.8 Å². The van der Waals surface area contributed by atoms with E-state index in [4.69, 9.17) is 69.6 Å². The molecular formula is C42H32Cl6N8O6. The van der Waals surface area contributed by atoms with E-state index in [0.29, 0.717) is 42.6 Å². The average molecular weight is 957 g/mol. The Labute approximate surface area is 384 Å². The first-order chi connectivity index (χ1) is 29.3. The number of carbonyl (C=O) groups is 6. The van der Waals surface area contributed by atoms with Gasteiger partial charge >= 0.3 is 0 Å². The maximum Gasteiger partial charge on any atom is 0.258 e. The zero-order valence-corrected chi connectivity index (χ0v) is 37.3. The lowest BCUT2D eigenvalue weighted by atomic mass is 10.0. The third-order valence-corrected chi connectivity index (χ3v) is 9.99. The van der Waals surface area contributed by atoms with Crippen LogP contribution in [0.15, 0.2) is 105 Å². The molecule has 0 bridgehead atoms. The van der Waals surface area contributed by atoms with Crippen molar-refractivity contribution >= 4 is 139 Å². The van der Waals surface area contributed by atoms with Crippen LogP contribution in [0, 0.1) is 13.8 Å². The fourth-order valence-electron chi connectivity index (χ4n) is 5.56. The number of nitrogens with zero attached hydrogens (tertiary/aromatic N) is 4. The van der Waals surface area contributed by atoms with E-state index in [1.807, 2.05) is 0 Å². The van der Waals surface area contributed by atoms with Gasteiger partial charge in [0.05, 0.1) is 11.4 Å². The molecule has 0 spiro atoms. The summed E-state index contributed by atoms with van der Waals surface area (Å²) in [6.45, 7) is 5.65. The third-order valence-electron chi connectivity index (χ3n) is 8.68. The number of azo groups is 2. The largest absolute Gasteiger partial charge is 0.324 e. The number of benzene rings is 5. The lowest BCUT2D eigenvalue weighted by Crippen LogP contribution is -2.33. The van der Waals surface area contributed by atoms with Gasteiger partial charge in [-0.25, -0.2) is 0 Å². The third kappa shape index (κ3) is 12.9. The Balaban J connectivity index is 1.26. The van der Waals surface area contributed by atoms with E-state index in [1.54, 1.807) is 13.8 Å². The van der Waals surface area contributed by atoms with Crippen molar-refractivity contribution in [2.24, 2.45) is 20.5 Å². The standard InChI is InChI=1S/C42H32Cl6N8O6/c1-19-20(2)36(52-42(62)38(22(4)58)56-54-34-10-24(8-26(44)18-34)40(60)50-32-15-29(47)12-30(48)16-32)6-5-35(19)51-41(61)37(21(3)57)55-53-33-9-23(7-25(43)17-33)39(59)49-31-13-27(45)11-28(46)14-31/h5-18,37-38H,1-4H3,(H,49,59)(H,50,60)(H,51,61)(H,52,62). The molecule has 0 aromatic heterocycles. The van der Waals surface area contributed by atoms with Crippen LogP contribution in [0.4, 0.5) is 34.1 Å². The summed E-state index contributed by atoms with van der Waals surface area (Å²) in [4.78, 5) is 77.9. The topological polar surface area (TPSA) is 200 Å². The van der Waals surface area contributed by atoms with Crippen molar-refractivity contribution in [3.8, 4) is 0 Å². The highest BCUT2D eigenvalue weighted by Gasteiger charge is 2.26. The Bertz CT molecular complexity index is 2490. The minimum atomic E-state index is -1.59. The van der Waals surface area contributed by atoms with Crippen LogP contribution in [-0.2, 0) is 19.2 Å². The SMILES string of the molecule is CC(=O)C(N=Nc1cc(Cl)cc(C(=O)Nc2cc(Cl)cc(Cl)c2)c1)C(=O)Nc1ccc(NC(=O)C(N=Nc2cc(Cl)cc(C(=O)Nc3cc(Cl)cc(Cl)c3)c2)C(C)=O)c(C)c1C. The maximum atomic E-state index is 13.4. The average Bonchev–Trinajstić information content (AvgIpc) is 3.16. The second kappa shape index (κ2) is 20.9. The molecule has 62 heavy (non-hydrogen) atoms. The number of anilines is 4. The Hall–Kier alpha value is -5.74. The fraction of sp³-hybridized carbons (Fsp3) is 0.143. The Morgan fingerprint density at radius 2 is 0.774 bits per heavy atom. The molecule has 0 saturated heterocycles. The Morgan fingerprint density at radius 3 is 1.10 bits per heavy atom. The van der Waals surface area contributed by atoms with Crippen LogP contribution in [0.5, 0.6) is 0 Å². The van der Waals surface area contributed by atoms with E-state index >= 15 is 0 Å². The Kier molecular flexibility index (Phi) is 15.9. The second-order valence-electron chi connectivity index (χ2n) is 13.5. The number of halogens is 6. The number of Topliss-reactive ketones (excluding diaryl/α,β-unsaturated/α-hetero) is 2. The van der Waals surface area contributed by atoms with Crippen molar-refractivity contribution in [1.82, 2.24) is 0 Å². The van der Waals surface area contributed by atoms with E-state index in [2.05, 4.69) is 41.7 Å². The van der Waals surface area contributed by atoms with E-state index in [0.717, 1.165) is 13.8 Å². The van der Waals surface area contributed by atoms with Crippen LogP contribution < -0.4 is 21.3 Å². The summed E-state index contributed by atoms with van der Waals surface area (Å²) in [7, 11) is 0. The molecule has 5 aromatic carbocycles. The first-order valence-electron chi connectivity index (χ1n) is 18.0. The molecule has 2 unspecified atom stereocenters. The Morgan fingerprint density at radius 1 is 0.452 bits per heavy atom. The summed E-state index contributed by atoms with van der Waals surface area (Å²) in [6, 6.07) is 17.1. The van der Waals surface area contributed by atoms with Crippen molar-refractivity contribution in [2.45, 2.75) is 39.8 Å². The molecule has 0 heterocycles. The quantitative estimate of drug-likeness (QED) is 0.0630. The smallest absolute Gasteiger partial charge is 0.258 e. The summed E-state index contributed by atoms with van der Waals surface area (Å²) >= 11 is 36.6. The molecule has 0 saturated carbocycles. The number of hydrogen-bond acceptors (Lipinski definition) is 10. The summed E-state index contributed by atoms with van der Waals surface area (Å²) in [5.74, 6) is -4.02. The maximum absolute atomic E-state index is 13.4. The van der Waals surface area contributed by atoms with Crippen molar-refractivity contribution in [2.75, 3.05) is 21.3 Å². The van der Waals surface area contributed by atoms with Crippen molar-refractivity contribution in [1.29, 1.82) is 0 Å². The van der Waals surface area contributed by atoms with Gasteiger partial charge < -0.3 is 21.3 Å². The molecule has 20 heteroatoms. The van der Waals surface area contributed by atoms with E-state index in [-0.39, 0.29) is 43.9 Å². The molecule has 14 nitrogen and oxygen atoms in total. The van der Waals surface area contributed by atoms with E-state index in [1.165, 1.54) is 84.9 Å². The molecule has 0 aliphatic heterocycles. The van der Waals surface area contributed by atoms with Gasteiger partial charge in [0, 0.05) is 64.0 Å². The molecule has 0 aliphatic rings. The van der Waals surface area contributed by atoms with Gasteiger partial charge in [0.1, 0.15) is 0 Å². The highest BCUT2D eigenvalue weighted by Crippen LogP contribution is 2.30. The first-order valence-corrected chi connectivity index (χ1v) is 20.2. The molecule has 4 N–H and O–H groups in total. The lowest BCUT2D eigenvalue weighted by Gasteiger charge is -2.17. The molecule has 5 rings (SSSR count). The molecule has 318 valence electrons.